The van der Waals surface area contributed by atoms with Gasteiger partial charge >= 0.3 is 0 Å². The second-order valence-electron chi connectivity index (χ2n) is 7.24. The summed E-state index contributed by atoms with van der Waals surface area (Å²) in [6.07, 6.45) is 4.11. The first-order valence-electron chi connectivity index (χ1n) is 8.60. The van der Waals surface area contributed by atoms with Gasteiger partial charge in [0.25, 0.3) is 0 Å². The molecule has 0 spiro atoms. The van der Waals surface area contributed by atoms with Gasteiger partial charge < -0.3 is 5.32 Å². The van der Waals surface area contributed by atoms with Gasteiger partial charge in [-0.25, -0.2) is 0 Å². The lowest BCUT2D eigenvalue weighted by molar-refractivity contribution is 0.239. The second kappa shape index (κ2) is 7.95. The fourth-order valence-corrected chi connectivity index (χ4v) is 2.57. The monoisotopic (exact) mass is 288 g/mol. The summed E-state index contributed by atoms with van der Waals surface area (Å²) < 4.78 is 0. The molecule has 0 unspecified atom stereocenters. The van der Waals surface area contributed by atoms with Crippen LogP contribution < -0.4 is 5.32 Å². The highest BCUT2D eigenvalue weighted by Crippen LogP contribution is 2.29. The van der Waals surface area contributed by atoms with Crippen molar-refractivity contribution in [3.05, 3.63) is 35.4 Å². The third-order valence-electron chi connectivity index (χ3n) is 4.18. The first-order chi connectivity index (χ1) is 10.0. The van der Waals surface area contributed by atoms with Gasteiger partial charge in [-0.05, 0) is 42.9 Å². The zero-order chi connectivity index (χ0) is 15.2. The van der Waals surface area contributed by atoms with Crippen LogP contribution in [-0.2, 0) is 13.1 Å². The number of hydrogen-bond donors (Lipinski definition) is 1. The van der Waals surface area contributed by atoms with Crippen molar-refractivity contribution in [3.8, 4) is 0 Å². The van der Waals surface area contributed by atoms with Crippen LogP contribution in [0.4, 0.5) is 0 Å². The maximum absolute atomic E-state index is 3.47. The van der Waals surface area contributed by atoms with Crippen molar-refractivity contribution in [2.75, 3.05) is 6.54 Å². The van der Waals surface area contributed by atoms with Gasteiger partial charge in [0.15, 0.2) is 0 Å². The highest BCUT2D eigenvalue weighted by molar-refractivity contribution is 5.22. The summed E-state index contributed by atoms with van der Waals surface area (Å²) in [5.74, 6) is 0.802. The Morgan fingerprint density at radius 2 is 1.67 bits per heavy atom. The number of benzene rings is 1. The fraction of sp³-hybridized carbons (Fsp3) is 0.684. The van der Waals surface area contributed by atoms with E-state index in [9.17, 15) is 0 Å². The van der Waals surface area contributed by atoms with E-state index >= 15 is 0 Å². The molecule has 1 aromatic rings. The number of rotatable bonds is 9. The molecule has 0 heterocycles. The standard InChI is InChI=1S/C19H32N2/c1-15(2)11-12-21(19-9-10-19)14-18-7-5-17(6-8-18)13-20-16(3)4/h5-8,15-16,19-20H,9-14H2,1-4H3. The Balaban J connectivity index is 1.85. The Morgan fingerprint density at radius 1 is 1.05 bits per heavy atom. The molecule has 21 heavy (non-hydrogen) atoms. The van der Waals surface area contributed by atoms with Crippen molar-refractivity contribution < 1.29 is 0 Å². The number of nitrogens with one attached hydrogen (secondary N) is 1. The molecule has 0 amide bonds. The molecule has 0 aromatic heterocycles. The van der Waals surface area contributed by atoms with Crippen LogP contribution in [0.5, 0.6) is 0 Å². The quantitative estimate of drug-likeness (QED) is 0.733. The molecular formula is C19H32N2. The summed E-state index contributed by atoms with van der Waals surface area (Å²) in [4.78, 5) is 2.68. The van der Waals surface area contributed by atoms with Gasteiger partial charge in [-0.3, -0.25) is 4.90 Å². The molecule has 1 fully saturated rings. The van der Waals surface area contributed by atoms with E-state index in [0.717, 1.165) is 25.0 Å². The topological polar surface area (TPSA) is 15.3 Å². The molecule has 1 N–H and O–H groups in total. The van der Waals surface area contributed by atoms with Gasteiger partial charge in [0.1, 0.15) is 0 Å². The minimum atomic E-state index is 0.547. The van der Waals surface area contributed by atoms with E-state index in [4.69, 9.17) is 0 Å². The summed E-state index contributed by atoms with van der Waals surface area (Å²) in [6, 6.07) is 10.6. The van der Waals surface area contributed by atoms with Crippen LogP contribution in [0.3, 0.4) is 0 Å². The van der Waals surface area contributed by atoms with Crippen LogP contribution in [0.15, 0.2) is 24.3 Å². The maximum atomic E-state index is 3.47. The first kappa shape index (κ1) is 16.5. The Labute approximate surface area is 130 Å². The van der Waals surface area contributed by atoms with Gasteiger partial charge in [-0.1, -0.05) is 52.0 Å². The Hall–Kier alpha value is -0.860. The van der Waals surface area contributed by atoms with Crippen LogP contribution in [0.2, 0.25) is 0 Å². The van der Waals surface area contributed by atoms with Crippen molar-refractivity contribution >= 4 is 0 Å². The third kappa shape index (κ3) is 6.19. The predicted octanol–water partition coefficient (Wildman–Crippen LogP) is 4.20. The smallest absolute Gasteiger partial charge is 0.0236 e. The molecule has 0 saturated heterocycles. The number of hydrogen-bond acceptors (Lipinski definition) is 2. The zero-order valence-corrected chi connectivity index (χ0v) is 14.2. The zero-order valence-electron chi connectivity index (χ0n) is 14.2. The second-order valence-corrected chi connectivity index (χ2v) is 7.24. The van der Waals surface area contributed by atoms with E-state index in [0.29, 0.717) is 6.04 Å². The van der Waals surface area contributed by atoms with Gasteiger partial charge in [-0.15, -0.1) is 0 Å². The SMILES string of the molecule is CC(C)CCN(Cc1ccc(CNC(C)C)cc1)C1CC1. The Kier molecular flexibility index (Phi) is 6.25. The van der Waals surface area contributed by atoms with Gasteiger partial charge in [-0.2, -0.15) is 0 Å². The Morgan fingerprint density at radius 3 is 2.19 bits per heavy atom. The van der Waals surface area contributed by atoms with Crippen molar-refractivity contribution in [2.24, 2.45) is 5.92 Å². The average molecular weight is 288 g/mol. The molecule has 1 aromatic carbocycles. The highest BCUT2D eigenvalue weighted by atomic mass is 15.2. The summed E-state index contributed by atoms with van der Waals surface area (Å²) in [5.41, 5.74) is 2.84. The summed E-state index contributed by atoms with van der Waals surface area (Å²) in [5, 5.41) is 3.47. The molecule has 0 radical (unpaired) electrons. The summed E-state index contributed by atoms with van der Waals surface area (Å²) in [7, 11) is 0. The van der Waals surface area contributed by atoms with E-state index in [1.54, 1.807) is 0 Å². The number of nitrogens with zero attached hydrogens (tertiary/aromatic N) is 1. The molecule has 1 aliphatic rings. The third-order valence-corrected chi connectivity index (χ3v) is 4.18. The maximum Gasteiger partial charge on any atom is 0.0236 e. The van der Waals surface area contributed by atoms with Crippen LogP contribution in [0.25, 0.3) is 0 Å². The molecule has 1 aliphatic carbocycles. The average Bonchev–Trinajstić information content (AvgIpc) is 3.26. The normalized spacial score (nSPS) is 15.4. The first-order valence-corrected chi connectivity index (χ1v) is 8.60. The molecule has 1 saturated carbocycles. The lowest BCUT2D eigenvalue weighted by Gasteiger charge is -2.23. The van der Waals surface area contributed by atoms with Crippen LogP contribution in [-0.4, -0.2) is 23.5 Å². The van der Waals surface area contributed by atoms with Crippen LogP contribution in [0.1, 0.15) is 58.1 Å². The summed E-state index contributed by atoms with van der Waals surface area (Å²) >= 11 is 0. The molecule has 118 valence electrons. The van der Waals surface area contributed by atoms with E-state index in [2.05, 4.69) is 62.2 Å². The molecule has 2 nitrogen and oxygen atoms in total. The van der Waals surface area contributed by atoms with Gasteiger partial charge in [0.05, 0.1) is 0 Å². The molecule has 2 heteroatoms. The van der Waals surface area contributed by atoms with E-state index in [1.807, 2.05) is 0 Å². The minimum absolute atomic E-state index is 0.547. The lowest BCUT2D eigenvalue weighted by Crippen LogP contribution is -2.27. The Bertz CT molecular complexity index is 404. The van der Waals surface area contributed by atoms with Crippen LogP contribution >= 0.6 is 0 Å². The summed E-state index contributed by atoms with van der Waals surface area (Å²) in [6.45, 7) is 12.4. The van der Waals surface area contributed by atoms with Crippen molar-refractivity contribution in [1.29, 1.82) is 0 Å². The fourth-order valence-electron chi connectivity index (χ4n) is 2.57. The van der Waals surface area contributed by atoms with E-state index < -0.39 is 0 Å². The van der Waals surface area contributed by atoms with E-state index in [-0.39, 0.29) is 0 Å². The predicted molar refractivity (Wildman–Crippen MR) is 91.3 cm³/mol. The lowest BCUT2D eigenvalue weighted by atomic mass is 10.1. The van der Waals surface area contributed by atoms with Crippen LogP contribution in [0, 0.1) is 5.92 Å². The van der Waals surface area contributed by atoms with Crippen molar-refractivity contribution in [3.63, 3.8) is 0 Å². The van der Waals surface area contributed by atoms with E-state index in [1.165, 1.54) is 36.9 Å². The minimum Gasteiger partial charge on any atom is -0.310 e. The molecule has 0 atom stereocenters. The molecular weight excluding hydrogens is 256 g/mol. The van der Waals surface area contributed by atoms with Crippen molar-refractivity contribution in [1.82, 2.24) is 10.2 Å². The molecule has 0 bridgehead atoms. The highest BCUT2D eigenvalue weighted by Gasteiger charge is 2.28. The van der Waals surface area contributed by atoms with Gasteiger partial charge in [0.2, 0.25) is 0 Å². The largest absolute Gasteiger partial charge is 0.310 e. The molecule has 0 aliphatic heterocycles. The van der Waals surface area contributed by atoms with Gasteiger partial charge in [0, 0.05) is 25.2 Å². The van der Waals surface area contributed by atoms with Crippen molar-refractivity contribution in [2.45, 2.75) is 72.1 Å². The molecule has 2 rings (SSSR count).